The quantitative estimate of drug-likeness (QED) is 0.569. The van der Waals surface area contributed by atoms with E-state index in [4.69, 9.17) is 9.84 Å². The molecule has 0 radical (unpaired) electrons. The number of anilines is 1. The third-order valence-corrected chi connectivity index (χ3v) is 5.20. The lowest BCUT2D eigenvalue weighted by Gasteiger charge is -2.11. The Hall–Kier alpha value is -2.52. The van der Waals surface area contributed by atoms with Crippen molar-refractivity contribution in [3.8, 4) is 5.75 Å². The molecular weight excluding hydrogens is 366 g/mol. The largest absolute Gasteiger partial charge is 0.497 e. The molecule has 0 saturated carbocycles. The minimum atomic E-state index is -1.48. The second kappa shape index (κ2) is 8.45. The summed E-state index contributed by atoms with van der Waals surface area (Å²) in [6.07, 6.45) is 1.71. The van der Waals surface area contributed by atoms with Crippen molar-refractivity contribution in [2.24, 2.45) is 0 Å². The van der Waals surface area contributed by atoms with E-state index in [1.807, 2.05) is 42.7 Å². The van der Waals surface area contributed by atoms with Gasteiger partial charge in [0, 0.05) is 12.6 Å². The maximum absolute atomic E-state index is 12.3. The van der Waals surface area contributed by atoms with E-state index >= 15 is 0 Å². The van der Waals surface area contributed by atoms with Gasteiger partial charge in [0.05, 0.1) is 36.6 Å². The van der Waals surface area contributed by atoms with Gasteiger partial charge in [0.1, 0.15) is 5.75 Å². The number of aliphatic hydroxyl groups is 1. The van der Waals surface area contributed by atoms with Crippen LogP contribution < -0.4 is 10.1 Å². The van der Waals surface area contributed by atoms with Gasteiger partial charge in [-0.25, -0.2) is 15.0 Å². The SMILES string of the molecule is COc1ccc(CNc2nc(S(=O)CCO)nc3c2ncn3C(C)C)cc1. The fourth-order valence-electron chi connectivity index (χ4n) is 2.60. The highest BCUT2D eigenvalue weighted by atomic mass is 32.2. The number of imidazole rings is 1. The lowest BCUT2D eigenvalue weighted by Crippen LogP contribution is -2.11. The van der Waals surface area contributed by atoms with Crippen LogP contribution in [0.25, 0.3) is 11.2 Å². The van der Waals surface area contributed by atoms with Crippen molar-refractivity contribution >= 4 is 27.8 Å². The summed E-state index contributed by atoms with van der Waals surface area (Å²) in [4.78, 5) is 13.3. The Labute approximate surface area is 160 Å². The zero-order chi connectivity index (χ0) is 19.4. The smallest absolute Gasteiger partial charge is 0.222 e. The Kier molecular flexibility index (Phi) is 6.02. The van der Waals surface area contributed by atoms with Crippen molar-refractivity contribution in [1.29, 1.82) is 0 Å². The Morgan fingerprint density at radius 3 is 2.63 bits per heavy atom. The molecule has 0 amide bonds. The zero-order valence-corrected chi connectivity index (χ0v) is 16.4. The summed E-state index contributed by atoms with van der Waals surface area (Å²) in [5.41, 5.74) is 2.30. The van der Waals surface area contributed by atoms with Crippen molar-refractivity contribution in [1.82, 2.24) is 19.5 Å². The molecule has 3 aromatic rings. The second-order valence-corrected chi connectivity index (χ2v) is 7.71. The minimum Gasteiger partial charge on any atom is -0.497 e. The summed E-state index contributed by atoms with van der Waals surface area (Å²) in [5.74, 6) is 1.41. The number of hydrogen-bond donors (Lipinski definition) is 2. The van der Waals surface area contributed by atoms with Crippen LogP contribution in [0.3, 0.4) is 0 Å². The molecule has 1 aromatic carbocycles. The van der Waals surface area contributed by atoms with Crippen molar-refractivity contribution in [3.05, 3.63) is 36.2 Å². The van der Waals surface area contributed by atoms with Gasteiger partial charge in [0.2, 0.25) is 5.16 Å². The fraction of sp³-hybridized carbons (Fsp3) is 0.389. The molecule has 9 heteroatoms. The number of fused-ring (bicyclic) bond motifs is 1. The first-order chi connectivity index (χ1) is 13.0. The first-order valence-corrected chi connectivity index (χ1v) is 9.96. The number of benzene rings is 1. The van der Waals surface area contributed by atoms with Gasteiger partial charge >= 0.3 is 0 Å². The molecule has 0 aliphatic rings. The highest BCUT2D eigenvalue weighted by Crippen LogP contribution is 2.23. The summed E-state index contributed by atoms with van der Waals surface area (Å²) in [6, 6.07) is 7.85. The monoisotopic (exact) mass is 389 g/mol. The molecule has 0 spiro atoms. The molecule has 144 valence electrons. The van der Waals surface area contributed by atoms with Crippen LogP contribution in [0.5, 0.6) is 5.75 Å². The molecule has 0 fully saturated rings. The summed E-state index contributed by atoms with van der Waals surface area (Å²) < 4.78 is 19.4. The highest BCUT2D eigenvalue weighted by molar-refractivity contribution is 7.84. The van der Waals surface area contributed by atoms with Crippen LogP contribution in [0.2, 0.25) is 0 Å². The van der Waals surface area contributed by atoms with E-state index < -0.39 is 10.8 Å². The van der Waals surface area contributed by atoms with E-state index in [9.17, 15) is 4.21 Å². The van der Waals surface area contributed by atoms with E-state index in [1.165, 1.54) is 0 Å². The summed E-state index contributed by atoms with van der Waals surface area (Å²) in [5, 5.41) is 12.5. The van der Waals surface area contributed by atoms with Crippen molar-refractivity contribution in [2.75, 3.05) is 24.8 Å². The van der Waals surface area contributed by atoms with Gasteiger partial charge in [-0.15, -0.1) is 0 Å². The van der Waals surface area contributed by atoms with E-state index in [0.717, 1.165) is 11.3 Å². The number of hydrogen-bond acceptors (Lipinski definition) is 7. The van der Waals surface area contributed by atoms with Gasteiger partial charge in [0.15, 0.2) is 17.0 Å². The molecule has 2 N–H and O–H groups in total. The third-order valence-electron chi connectivity index (χ3n) is 4.06. The van der Waals surface area contributed by atoms with Crippen LogP contribution in [0.15, 0.2) is 35.7 Å². The molecule has 0 aliphatic heterocycles. The van der Waals surface area contributed by atoms with Crippen LogP contribution in [0.4, 0.5) is 5.82 Å². The third kappa shape index (κ3) is 4.25. The first-order valence-electron chi connectivity index (χ1n) is 8.64. The summed E-state index contributed by atoms with van der Waals surface area (Å²) >= 11 is 0. The molecular formula is C18H23N5O3S. The number of ether oxygens (including phenoxy) is 1. The Morgan fingerprint density at radius 1 is 1.26 bits per heavy atom. The van der Waals surface area contributed by atoms with Gasteiger partial charge in [-0.05, 0) is 31.5 Å². The second-order valence-electron chi connectivity index (χ2n) is 6.25. The van der Waals surface area contributed by atoms with Crippen LogP contribution in [-0.2, 0) is 17.3 Å². The molecule has 1 unspecified atom stereocenters. The maximum atomic E-state index is 12.3. The Morgan fingerprint density at radius 2 is 2.00 bits per heavy atom. The van der Waals surface area contributed by atoms with E-state index in [1.54, 1.807) is 13.4 Å². The molecule has 27 heavy (non-hydrogen) atoms. The predicted octanol–water partition coefficient (Wildman–Crippen LogP) is 2.13. The zero-order valence-electron chi connectivity index (χ0n) is 15.5. The van der Waals surface area contributed by atoms with E-state index in [0.29, 0.717) is 23.5 Å². The standard InChI is InChI=1S/C18H23N5O3S/c1-12(2)23-11-20-15-16(19-10-13-4-6-14(26-3)7-5-13)21-18(22-17(15)23)27(25)9-8-24/h4-7,11-12,24H,8-10H2,1-3H3,(H,19,21,22). The Bertz CT molecular complexity index is 940. The van der Waals surface area contributed by atoms with E-state index in [2.05, 4.69) is 20.3 Å². The fourth-order valence-corrected chi connectivity index (χ4v) is 3.33. The molecule has 2 heterocycles. The van der Waals surface area contributed by atoms with Crippen molar-refractivity contribution < 1.29 is 14.1 Å². The average Bonchev–Trinajstić information content (AvgIpc) is 3.11. The first kappa shape index (κ1) is 19.2. The highest BCUT2D eigenvalue weighted by Gasteiger charge is 2.17. The van der Waals surface area contributed by atoms with Gasteiger partial charge in [-0.1, -0.05) is 12.1 Å². The molecule has 0 bridgehead atoms. The topological polar surface area (TPSA) is 102 Å². The van der Waals surface area contributed by atoms with Gasteiger partial charge < -0.3 is 19.7 Å². The maximum Gasteiger partial charge on any atom is 0.222 e. The Balaban J connectivity index is 1.95. The summed E-state index contributed by atoms with van der Waals surface area (Å²) in [7, 11) is 0.151. The van der Waals surface area contributed by atoms with Crippen molar-refractivity contribution in [2.45, 2.75) is 31.6 Å². The number of methoxy groups -OCH3 is 1. The molecule has 8 nitrogen and oxygen atoms in total. The van der Waals surface area contributed by atoms with Crippen molar-refractivity contribution in [3.63, 3.8) is 0 Å². The van der Waals surface area contributed by atoms with Gasteiger partial charge in [0.25, 0.3) is 0 Å². The van der Waals surface area contributed by atoms with E-state index in [-0.39, 0.29) is 23.6 Å². The number of aromatic nitrogens is 4. The molecule has 2 aromatic heterocycles. The molecule has 0 saturated heterocycles. The van der Waals surface area contributed by atoms with Crippen LogP contribution in [0, 0.1) is 0 Å². The van der Waals surface area contributed by atoms with Gasteiger partial charge in [-0.3, -0.25) is 4.21 Å². The van der Waals surface area contributed by atoms with Gasteiger partial charge in [-0.2, -0.15) is 0 Å². The number of rotatable bonds is 8. The van der Waals surface area contributed by atoms with Crippen LogP contribution in [0.1, 0.15) is 25.5 Å². The lowest BCUT2D eigenvalue weighted by atomic mass is 10.2. The molecule has 1 atom stereocenters. The normalized spacial score (nSPS) is 12.5. The summed E-state index contributed by atoms with van der Waals surface area (Å²) in [6.45, 7) is 4.39. The molecule has 3 rings (SSSR count). The minimum absolute atomic E-state index is 0.0965. The number of nitrogens with one attached hydrogen (secondary N) is 1. The predicted molar refractivity (Wildman–Crippen MR) is 104 cm³/mol. The van der Waals surface area contributed by atoms with Crippen LogP contribution in [-0.4, -0.2) is 48.3 Å². The average molecular weight is 389 g/mol. The lowest BCUT2D eigenvalue weighted by molar-refractivity contribution is 0.321. The number of nitrogens with zero attached hydrogens (tertiary/aromatic N) is 4. The number of aliphatic hydroxyl groups excluding tert-OH is 1. The molecule has 0 aliphatic carbocycles. The van der Waals surface area contributed by atoms with Crippen LogP contribution >= 0.6 is 0 Å².